The Balaban J connectivity index is 1.91. The van der Waals surface area contributed by atoms with Gasteiger partial charge in [-0.15, -0.1) is 0 Å². The molecule has 0 aliphatic heterocycles. The van der Waals surface area contributed by atoms with Crippen molar-refractivity contribution in [1.82, 2.24) is 5.32 Å². The van der Waals surface area contributed by atoms with Gasteiger partial charge in [-0.05, 0) is 38.0 Å². The lowest BCUT2D eigenvalue weighted by atomic mass is 9.95. The molecular weight excluding hydrogens is 309 g/mol. The van der Waals surface area contributed by atoms with Crippen molar-refractivity contribution in [2.75, 3.05) is 0 Å². The summed E-state index contributed by atoms with van der Waals surface area (Å²) in [6, 6.07) is 3.81. The summed E-state index contributed by atoms with van der Waals surface area (Å²) < 4.78 is 18.7. The SMILES string of the molecule is CC(OC(=O)c1ccc(Cl)cc1F)C(=O)NC1CCCCC1. The molecule has 0 aromatic heterocycles. The number of nitrogens with one attached hydrogen (secondary N) is 1. The highest BCUT2D eigenvalue weighted by Gasteiger charge is 2.24. The first kappa shape index (κ1) is 16.7. The minimum Gasteiger partial charge on any atom is -0.449 e. The number of ether oxygens (including phenoxy) is 1. The zero-order valence-electron chi connectivity index (χ0n) is 12.4. The minimum absolute atomic E-state index is 0.134. The van der Waals surface area contributed by atoms with Crippen LogP contribution >= 0.6 is 11.6 Å². The van der Waals surface area contributed by atoms with Gasteiger partial charge in [-0.25, -0.2) is 9.18 Å². The molecule has 1 saturated carbocycles. The number of halogens is 2. The Hall–Kier alpha value is -1.62. The molecule has 1 fully saturated rings. The Kier molecular flexibility index (Phi) is 5.77. The van der Waals surface area contributed by atoms with Gasteiger partial charge in [-0.3, -0.25) is 4.79 Å². The second-order valence-corrected chi connectivity index (χ2v) is 5.95. The first-order chi connectivity index (χ1) is 10.5. The third-order valence-corrected chi connectivity index (χ3v) is 3.99. The van der Waals surface area contributed by atoms with E-state index < -0.39 is 17.9 Å². The van der Waals surface area contributed by atoms with E-state index in [0.717, 1.165) is 31.7 Å². The number of hydrogen-bond donors (Lipinski definition) is 1. The standard InChI is InChI=1S/C16H19ClFNO3/c1-10(15(20)19-12-5-3-2-4-6-12)22-16(21)13-8-7-11(17)9-14(13)18/h7-10,12H,2-6H2,1H3,(H,19,20). The van der Waals surface area contributed by atoms with Crippen LogP contribution in [0.4, 0.5) is 4.39 Å². The minimum atomic E-state index is -0.968. The Bertz CT molecular complexity index is 558. The third kappa shape index (κ3) is 4.44. The van der Waals surface area contributed by atoms with Crippen LogP contribution in [0.25, 0.3) is 0 Å². The first-order valence-electron chi connectivity index (χ1n) is 7.44. The summed E-state index contributed by atoms with van der Waals surface area (Å²) in [6.07, 6.45) is 4.29. The van der Waals surface area contributed by atoms with Crippen LogP contribution < -0.4 is 5.32 Å². The number of esters is 1. The third-order valence-electron chi connectivity index (χ3n) is 3.76. The molecule has 1 aromatic rings. The molecule has 1 amide bonds. The molecule has 22 heavy (non-hydrogen) atoms. The highest BCUT2D eigenvalue weighted by molar-refractivity contribution is 6.30. The van der Waals surface area contributed by atoms with Crippen LogP contribution in [0.1, 0.15) is 49.4 Å². The van der Waals surface area contributed by atoms with E-state index in [2.05, 4.69) is 5.32 Å². The maximum atomic E-state index is 13.6. The molecule has 0 spiro atoms. The fourth-order valence-corrected chi connectivity index (χ4v) is 2.66. The van der Waals surface area contributed by atoms with Gasteiger partial charge in [0.1, 0.15) is 5.82 Å². The van der Waals surface area contributed by atoms with E-state index in [0.29, 0.717) is 0 Å². The summed E-state index contributed by atoms with van der Waals surface area (Å²) >= 11 is 5.63. The van der Waals surface area contributed by atoms with Gasteiger partial charge >= 0.3 is 5.97 Å². The molecule has 0 saturated heterocycles. The summed E-state index contributed by atoms with van der Waals surface area (Å²) in [7, 11) is 0. The number of carbonyl (C=O) groups is 2. The molecule has 1 atom stereocenters. The molecule has 1 aliphatic carbocycles. The summed E-state index contributed by atoms with van der Waals surface area (Å²) in [5.74, 6) is -1.99. The van der Waals surface area contributed by atoms with Crippen molar-refractivity contribution in [2.45, 2.75) is 51.2 Å². The van der Waals surface area contributed by atoms with Crippen LogP contribution in [0, 0.1) is 5.82 Å². The number of benzene rings is 1. The Labute approximate surface area is 134 Å². The van der Waals surface area contributed by atoms with E-state index in [4.69, 9.17) is 16.3 Å². The van der Waals surface area contributed by atoms with Gasteiger partial charge in [-0.2, -0.15) is 0 Å². The van der Waals surface area contributed by atoms with Crippen LogP contribution in [0.2, 0.25) is 5.02 Å². The van der Waals surface area contributed by atoms with E-state index in [1.807, 2.05) is 0 Å². The Morgan fingerprint density at radius 2 is 2.00 bits per heavy atom. The predicted molar refractivity (Wildman–Crippen MR) is 81.3 cm³/mol. The smallest absolute Gasteiger partial charge is 0.341 e. The zero-order valence-corrected chi connectivity index (χ0v) is 13.2. The highest BCUT2D eigenvalue weighted by atomic mass is 35.5. The fourth-order valence-electron chi connectivity index (χ4n) is 2.50. The summed E-state index contributed by atoms with van der Waals surface area (Å²) in [4.78, 5) is 23.9. The molecule has 2 rings (SSSR count). The molecule has 0 bridgehead atoms. The van der Waals surface area contributed by atoms with Crippen LogP contribution in [0.5, 0.6) is 0 Å². The number of hydrogen-bond acceptors (Lipinski definition) is 3. The second kappa shape index (κ2) is 7.58. The number of carbonyl (C=O) groups excluding carboxylic acids is 2. The summed E-state index contributed by atoms with van der Waals surface area (Å²) in [5, 5.41) is 3.06. The number of amides is 1. The fraction of sp³-hybridized carbons (Fsp3) is 0.500. The van der Waals surface area contributed by atoms with Crippen LogP contribution in [-0.4, -0.2) is 24.0 Å². The van der Waals surface area contributed by atoms with E-state index in [1.54, 1.807) is 0 Å². The zero-order chi connectivity index (χ0) is 16.1. The lowest BCUT2D eigenvalue weighted by molar-refractivity contribution is -0.130. The average Bonchev–Trinajstić information content (AvgIpc) is 2.47. The lowest BCUT2D eigenvalue weighted by Gasteiger charge is -2.24. The summed E-state index contributed by atoms with van der Waals surface area (Å²) in [6.45, 7) is 1.48. The molecule has 1 aliphatic rings. The molecule has 0 radical (unpaired) electrons. The van der Waals surface area contributed by atoms with Crippen molar-refractivity contribution in [3.05, 3.63) is 34.6 Å². The van der Waals surface area contributed by atoms with Crippen molar-refractivity contribution in [2.24, 2.45) is 0 Å². The largest absolute Gasteiger partial charge is 0.449 e. The maximum Gasteiger partial charge on any atom is 0.341 e. The lowest BCUT2D eigenvalue weighted by Crippen LogP contribution is -2.42. The van der Waals surface area contributed by atoms with Crippen molar-refractivity contribution in [1.29, 1.82) is 0 Å². The average molecular weight is 328 g/mol. The van der Waals surface area contributed by atoms with Gasteiger partial charge < -0.3 is 10.1 Å². The van der Waals surface area contributed by atoms with Crippen molar-refractivity contribution in [3.8, 4) is 0 Å². The van der Waals surface area contributed by atoms with Gasteiger partial charge in [0.2, 0.25) is 0 Å². The normalized spacial score (nSPS) is 16.9. The van der Waals surface area contributed by atoms with Gasteiger partial charge in [0, 0.05) is 11.1 Å². The van der Waals surface area contributed by atoms with Crippen LogP contribution in [-0.2, 0) is 9.53 Å². The van der Waals surface area contributed by atoms with E-state index in [9.17, 15) is 14.0 Å². The molecule has 1 N–H and O–H groups in total. The molecule has 4 nitrogen and oxygen atoms in total. The van der Waals surface area contributed by atoms with Crippen molar-refractivity contribution < 1.29 is 18.7 Å². The quantitative estimate of drug-likeness (QED) is 0.861. The topological polar surface area (TPSA) is 55.4 Å². The second-order valence-electron chi connectivity index (χ2n) is 5.52. The van der Waals surface area contributed by atoms with E-state index >= 15 is 0 Å². The monoisotopic (exact) mass is 327 g/mol. The number of rotatable bonds is 4. The maximum absolute atomic E-state index is 13.6. The molecular formula is C16H19ClFNO3. The van der Waals surface area contributed by atoms with Gasteiger partial charge in [0.15, 0.2) is 6.10 Å². The molecule has 120 valence electrons. The van der Waals surface area contributed by atoms with Crippen LogP contribution in [0.3, 0.4) is 0 Å². The molecule has 1 unspecified atom stereocenters. The van der Waals surface area contributed by atoms with E-state index in [1.165, 1.54) is 25.5 Å². The van der Waals surface area contributed by atoms with Crippen LogP contribution in [0.15, 0.2) is 18.2 Å². The van der Waals surface area contributed by atoms with Gasteiger partial charge in [0.05, 0.1) is 5.56 Å². The Morgan fingerprint density at radius 1 is 1.32 bits per heavy atom. The predicted octanol–water partition coefficient (Wildman–Crippen LogP) is 3.47. The first-order valence-corrected chi connectivity index (χ1v) is 7.81. The van der Waals surface area contributed by atoms with Crippen molar-refractivity contribution >= 4 is 23.5 Å². The van der Waals surface area contributed by atoms with Gasteiger partial charge in [0.25, 0.3) is 5.91 Å². The highest BCUT2D eigenvalue weighted by Crippen LogP contribution is 2.18. The van der Waals surface area contributed by atoms with E-state index in [-0.39, 0.29) is 22.5 Å². The van der Waals surface area contributed by atoms with Gasteiger partial charge in [-0.1, -0.05) is 30.9 Å². The molecule has 1 aromatic carbocycles. The molecule has 0 heterocycles. The molecule has 6 heteroatoms. The van der Waals surface area contributed by atoms with Crippen molar-refractivity contribution in [3.63, 3.8) is 0 Å². The Morgan fingerprint density at radius 3 is 2.64 bits per heavy atom. The summed E-state index contributed by atoms with van der Waals surface area (Å²) in [5.41, 5.74) is -0.235.